The number of ketones is 1. The van der Waals surface area contributed by atoms with Gasteiger partial charge in [0.1, 0.15) is 11.6 Å². The number of carbonyl (C=O) groups is 1. The third kappa shape index (κ3) is 2.08. The highest BCUT2D eigenvalue weighted by Gasteiger charge is 2.22. The van der Waals surface area contributed by atoms with Crippen molar-refractivity contribution in [2.45, 2.75) is 31.7 Å². The molecular formula is C15H16N2O. The van der Waals surface area contributed by atoms with E-state index in [1.807, 2.05) is 30.6 Å². The van der Waals surface area contributed by atoms with Gasteiger partial charge < -0.3 is 4.57 Å². The molecule has 1 aliphatic carbocycles. The number of nitrogens with zero attached hydrogens (tertiary/aromatic N) is 2. The third-order valence-electron chi connectivity index (χ3n) is 3.55. The zero-order valence-corrected chi connectivity index (χ0v) is 10.2. The first-order valence-corrected chi connectivity index (χ1v) is 6.44. The van der Waals surface area contributed by atoms with Gasteiger partial charge in [-0.2, -0.15) is 0 Å². The standard InChI is InChI=1S/C15H16N2O/c18-14-8-4-7-13(11-14)17-10-9-16-15(17)12-5-2-1-3-6-12/h1-3,5-6,9-10,13H,4,7-8,11H2. The molecule has 0 radical (unpaired) electrons. The SMILES string of the molecule is O=C1CCCC(n2ccnc2-c2ccccc2)C1. The molecule has 3 heteroatoms. The van der Waals surface area contributed by atoms with Gasteiger partial charge >= 0.3 is 0 Å². The first kappa shape index (κ1) is 11.2. The van der Waals surface area contributed by atoms with E-state index < -0.39 is 0 Å². The van der Waals surface area contributed by atoms with Crippen LogP contribution in [0.5, 0.6) is 0 Å². The van der Waals surface area contributed by atoms with Crippen molar-refractivity contribution in [1.29, 1.82) is 0 Å². The lowest BCUT2D eigenvalue weighted by Gasteiger charge is -2.24. The van der Waals surface area contributed by atoms with Gasteiger partial charge in [0.15, 0.2) is 0 Å². The molecule has 1 heterocycles. The summed E-state index contributed by atoms with van der Waals surface area (Å²) in [5, 5.41) is 0. The monoisotopic (exact) mass is 240 g/mol. The normalized spacial score (nSPS) is 20.0. The molecule has 0 N–H and O–H groups in total. The van der Waals surface area contributed by atoms with Crippen LogP contribution in [-0.2, 0) is 4.79 Å². The maximum Gasteiger partial charge on any atom is 0.140 e. The van der Waals surface area contributed by atoms with Crippen LogP contribution in [-0.4, -0.2) is 15.3 Å². The summed E-state index contributed by atoms with van der Waals surface area (Å²) in [5.41, 5.74) is 1.11. The summed E-state index contributed by atoms with van der Waals surface area (Å²) < 4.78 is 2.16. The summed E-state index contributed by atoms with van der Waals surface area (Å²) in [6.45, 7) is 0. The number of rotatable bonds is 2. The van der Waals surface area contributed by atoms with E-state index in [1.165, 1.54) is 0 Å². The molecule has 1 aromatic heterocycles. The topological polar surface area (TPSA) is 34.9 Å². The Bertz CT molecular complexity index is 545. The van der Waals surface area contributed by atoms with Crippen molar-refractivity contribution < 1.29 is 4.79 Å². The predicted octanol–water partition coefficient (Wildman–Crippen LogP) is 3.23. The minimum atomic E-state index is 0.281. The Balaban J connectivity index is 1.94. The molecule has 1 atom stereocenters. The zero-order chi connectivity index (χ0) is 12.4. The fourth-order valence-electron chi connectivity index (χ4n) is 2.66. The van der Waals surface area contributed by atoms with Crippen molar-refractivity contribution in [2.24, 2.45) is 0 Å². The van der Waals surface area contributed by atoms with Crippen molar-refractivity contribution in [1.82, 2.24) is 9.55 Å². The molecule has 1 saturated carbocycles. The lowest BCUT2D eigenvalue weighted by Crippen LogP contribution is -2.19. The second kappa shape index (κ2) is 4.77. The molecule has 0 spiro atoms. The largest absolute Gasteiger partial charge is 0.327 e. The van der Waals surface area contributed by atoms with Crippen LogP contribution in [0.2, 0.25) is 0 Å². The Morgan fingerprint density at radius 2 is 2.06 bits per heavy atom. The van der Waals surface area contributed by atoms with Crippen LogP contribution < -0.4 is 0 Å². The van der Waals surface area contributed by atoms with Crippen molar-refractivity contribution >= 4 is 5.78 Å². The lowest BCUT2D eigenvalue weighted by atomic mass is 9.94. The Kier molecular flexibility index (Phi) is 2.97. The van der Waals surface area contributed by atoms with Gasteiger partial charge in [0.2, 0.25) is 0 Å². The van der Waals surface area contributed by atoms with E-state index in [4.69, 9.17) is 0 Å². The lowest BCUT2D eigenvalue weighted by molar-refractivity contribution is -0.121. The van der Waals surface area contributed by atoms with Crippen LogP contribution in [0, 0.1) is 0 Å². The number of carbonyl (C=O) groups excluding carboxylic acids is 1. The van der Waals surface area contributed by atoms with E-state index in [9.17, 15) is 4.79 Å². The molecule has 18 heavy (non-hydrogen) atoms. The molecule has 3 nitrogen and oxygen atoms in total. The Morgan fingerprint density at radius 1 is 1.22 bits per heavy atom. The van der Waals surface area contributed by atoms with Crippen LogP contribution in [0.1, 0.15) is 31.7 Å². The van der Waals surface area contributed by atoms with Gasteiger partial charge in [-0.15, -0.1) is 0 Å². The second-order valence-electron chi connectivity index (χ2n) is 4.81. The number of aromatic nitrogens is 2. The molecule has 3 rings (SSSR count). The average molecular weight is 240 g/mol. The molecule has 1 aromatic carbocycles. The summed E-state index contributed by atoms with van der Waals surface area (Å²) in [4.78, 5) is 16.0. The van der Waals surface area contributed by atoms with Crippen LogP contribution in [0.4, 0.5) is 0 Å². The third-order valence-corrected chi connectivity index (χ3v) is 3.55. The second-order valence-corrected chi connectivity index (χ2v) is 4.81. The fraction of sp³-hybridized carbons (Fsp3) is 0.333. The Hall–Kier alpha value is -1.90. The first-order valence-electron chi connectivity index (χ1n) is 6.44. The maximum atomic E-state index is 11.6. The quantitative estimate of drug-likeness (QED) is 0.807. The molecular weight excluding hydrogens is 224 g/mol. The fourth-order valence-corrected chi connectivity index (χ4v) is 2.66. The molecule has 0 bridgehead atoms. The highest BCUT2D eigenvalue weighted by atomic mass is 16.1. The predicted molar refractivity (Wildman–Crippen MR) is 70.2 cm³/mol. The number of hydrogen-bond acceptors (Lipinski definition) is 2. The van der Waals surface area contributed by atoms with E-state index in [0.29, 0.717) is 12.2 Å². The molecule has 1 aliphatic rings. The van der Waals surface area contributed by atoms with E-state index in [0.717, 1.165) is 30.7 Å². The zero-order valence-electron chi connectivity index (χ0n) is 10.2. The van der Waals surface area contributed by atoms with E-state index in [2.05, 4.69) is 21.7 Å². The van der Waals surface area contributed by atoms with E-state index in [1.54, 1.807) is 0 Å². The first-order chi connectivity index (χ1) is 8.84. The molecule has 92 valence electrons. The summed E-state index contributed by atoms with van der Waals surface area (Å²) in [6.07, 6.45) is 7.27. The number of imidazole rings is 1. The summed E-state index contributed by atoms with van der Waals surface area (Å²) in [6, 6.07) is 10.4. The van der Waals surface area contributed by atoms with Crippen molar-refractivity contribution in [3.8, 4) is 11.4 Å². The molecule has 1 unspecified atom stereocenters. The summed E-state index contributed by atoms with van der Waals surface area (Å²) in [5.74, 6) is 1.34. The number of hydrogen-bond donors (Lipinski definition) is 0. The minimum absolute atomic E-state index is 0.281. The molecule has 2 aromatic rings. The maximum absolute atomic E-state index is 11.6. The van der Waals surface area contributed by atoms with E-state index in [-0.39, 0.29) is 6.04 Å². The van der Waals surface area contributed by atoms with Gasteiger partial charge in [0, 0.05) is 36.8 Å². The van der Waals surface area contributed by atoms with E-state index >= 15 is 0 Å². The Labute approximate surface area is 106 Å². The summed E-state index contributed by atoms with van der Waals surface area (Å²) in [7, 11) is 0. The van der Waals surface area contributed by atoms with Gasteiger partial charge in [-0.25, -0.2) is 4.98 Å². The Morgan fingerprint density at radius 3 is 2.83 bits per heavy atom. The molecule has 0 aliphatic heterocycles. The van der Waals surface area contributed by atoms with Gasteiger partial charge in [-0.3, -0.25) is 4.79 Å². The summed E-state index contributed by atoms with van der Waals surface area (Å²) >= 11 is 0. The smallest absolute Gasteiger partial charge is 0.140 e. The van der Waals surface area contributed by atoms with Crippen molar-refractivity contribution in [2.75, 3.05) is 0 Å². The van der Waals surface area contributed by atoms with Gasteiger partial charge in [0.05, 0.1) is 0 Å². The molecule has 1 fully saturated rings. The van der Waals surface area contributed by atoms with Gasteiger partial charge in [-0.05, 0) is 12.8 Å². The molecule has 0 saturated heterocycles. The van der Waals surface area contributed by atoms with Crippen LogP contribution >= 0.6 is 0 Å². The highest BCUT2D eigenvalue weighted by molar-refractivity contribution is 5.79. The highest BCUT2D eigenvalue weighted by Crippen LogP contribution is 2.30. The van der Waals surface area contributed by atoms with Crippen molar-refractivity contribution in [3.63, 3.8) is 0 Å². The van der Waals surface area contributed by atoms with Crippen LogP contribution in [0.3, 0.4) is 0 Å². The van der Waals surface area contributed by atoms with Crippen LogP contribution in [0.15, 0.2) is 42.7 Å². The van der Waals surface area contributed by atoms with Crippen LogP contribution in [0.25, 0.3) is 11.4 Å². The average Bonchev–Trinajstić information content (AvgIpc) is 2.89. The van der Waals surface area contributed by atoms with Crippen molar-refractivity contribution in [3.05, 3.63) is 42.7 Å². The van der Waals surface area contributed by atoms with Gasteiger partial charge in [0.25, 0.3) is 0 Å². The van der Waals surface area contributed by atoms with Gasteiger partial charge in [-0.1, -0.05) is 30.3 Å². The number of benzene rings is 1. The molecule has 0 amide bonds. The number of Topliss-reactive ketones (excluding diaryl/α,β-unsaturated/α-hetero) is 1. The minimum Gasteiger partial charge on any atom is -0.327 e.